The van der Waals surface area contributed by atoms with Crippen molar-refractivity contribution in [2.24, 2.45) is 0 Å². The molecule has 0 saturated heterocycles. The van der Waals surface area contributed by atoms with E-state index in [9.17, 15) is 23.7 Å². The lowest BCUT2D eigenvalue weighted by molar-refractivity contribution is -0.384. The molecule has 2 aromatic rings. The number of ether oxygens (including phenoxy) is 2. The topological polar surface area (TPSA) is 93.9 Å². The third kappa shape index (κ3) is 3.97. The van der Waals surface area contributed by atoms with Crippen molar-refractivity contribution in [3.63, 3.8) is 0 Å². The zero-order valence-electron chi connectivity index (χ0n) is 14.6. The Morgan fingerprint density at radius 2 is 1.93 bits per heavy atom. The smallest absolute Gasteiger partial charge is 0.410 e. The molecule has 1 heterocycles. The van der Waals surface area contributed by atoms with Crippen LogP contribution in [0, 0.1) is 21.7 Å². The van der Waals surface area contributed by atoms with Crippen LogP contribution in [0.2, 0.25) is 0 Å². The van der Waals surface area contributed by atoms with Gasteiger partial charge in [0.15, 0.2) is 18.0 Å². The average Bonchev–Trinajstić information content (AvgIpc) is 2.69. The van der Waals surface area contributed by atoms with Gasteiger partial charge in [0, 0.05) is 31.4 Å². The minimum absolute atomic E-state index is 0.0701. The minimum atomic E-state index is -1.06. The number of benzene rings is 2. The molecule has 1 N–H and O–H groups in total. The van der Waals surface area contributed by atoms with E-state index in [1.807, 2.05) is 0 Å². The molecular weight excluding hydrogens is 376 g/mol. The number of hydrogen-bond donors (Lipinski definition) is 1. The standard InChI is InChI=1S/C18H15F2N3O5/c1-27-17-21-9-8-16(11-2-7-14(19)15(20)10-11)22(17)18(24)28-13-5-3-12(4-6-13)23(25)26/h2-8,10,17,21H,9H2,1H3. The number of methoxy groups -OCH3 is 1. The molecule has 1 atom stereocenters. The van der Waals surface area contributed by atoms with Gasteiger partial charge in [0.05, 0.1) is 10.6 Å². The monoisotopic (exact) mass is 391 g/mol. The van der Waals surface area contributed by atoms with Crippen LogP contribution in [0.3, 0.4) is 0 Å². The molecule has 1 amide bonds. The fourth-order valence-electron chi connectivity index (χ4n) is 2.65. The number of rotatable bonds is 4. The molecule has 0 aliphatic carbocycles. The second kappa shape index (κ2) is 8.11. The number of halogens is 2. The van der Waals surface area contributed by atoms with Crippen LogP contribution in [0.25, 0.3) is 5.70 Å². The molecule has 3 rings (SSSR count). The summed E-state index contributed by atoms with van der Waals surface area (Å²) >= 11 is 0. The quantitative estimate of drug-likeness (QED) is 0.635. The first-order valence-corrected chi connectivity index (χ1v) is 8.08. The van der Waals surface area contributed by atoms with Gasteiger partial charge in [-0.25, -0.2) is 18.5 Å². The van der Waals surface area contributed by atoms with Crippen LogP contribution in [0.5, 0.6) is 5.75 Å². The molecule has 1 aliphatic rings. The normalized spacial score (nSPS) is 16.5. The maximum atomic E-state index is 13.7. The predicted molar refractivity (Wildman–Crippen MR) is 94.1 cm³/mol. The van der Waals surface area contributed by atoms with Crippen LogP contribution in [-0.2, 0) is 4.74 Å². The van der Waals surface area contributed by atoms with E-state index in [1.165, 1.54) is 37.4 Å². The fourth-order valence-corrected chi connectivity index (χ4v) is 2.65. The molecule has 0 aromatic heterocycles. The molecule has 1 unspecified atom stereocenters. The zero-order chi connectivity index (χ0) is 20.3. The number of nitrogens with one attached hydrogen (secondary N) is 1. The summed E-state index contributed by atoms with van der Waals surface area (Å²) in [5.41, 5.74) is 0.357. The van der Waals surface area contributed by atoms with Gasteiger partial charge in [-0.3, -0.25) is 15.4 Å². The summed E-state index contributed by atoms with van der Waals surface area (Å²) < 4.78 is 37.4. The van der Waals surface area contributed by atoms with E-state index in [4.69, 9.17) is 9.47 Å². The Hall–Kier alpha value is -3.37. The van der Waals surface area contributed by atoms with E-state index in [0.29, 0.717) is 6.54 Å². The van der Waals surface area contributed by atoms with Crippen molar-refractivity contribution in [1.29, 1.82) is 0 Å². The molecule has 28 heavy (non-hydrogen) atoms. The molecule has 0 saturated carbocycles. The Bertz CT molecular complexity index is 933. The van der Waals surface area contributed by atoms with E-state index >= 15 is 0 Å². The number of nitrogens with zero attached hydrogens (tertiary/aromatic N) is 2. The number of hydrogen-bond acceptors (Lipinski definition) is 6. The first kappa shape index (κ1) is 19.4. The van der Waals surface area contributed by atoms with E-state index in [2.05, 4.69) is 5.32 Å². The van der Waals surface area contributed by atoms with Gasteiger partial charge < -0.3 is 9.47 Å². The molecule has 8 nitrogen and oxygen atoms in total. The van der Waals surface area contributed by atoms with Crippen LogP contribution < -0.4 is 10.1 Å². The molecule has 10 heteroatoms. The summed E-state index contributed by atoms with van der Waals surface area (Å²) in [4.78, 5) is 24.0. The number of nitro groups is 1. The van der Waals surface area contributed by atoms with Gasteiger partial charge in [-0.1, -0.05) is 0 Å². The molecule has 0 fully saturated rings. The van der Waals surface area contributed by atoms with Gasteiger partial charge >= 0.3 is 6.09 Å². The summed E-state index contributed by atoms with van der Waals surface area (Å²) in [5, 5.41) is 13.6. The third-order valence-corrected chi connectivity index (χ3v) is 3.97. The predicted octanol–water partition coefficient (Wildman–Crippen LogP) is 3.25. The molecule has 2 aromatic carbocycles. The summed E-state index contributed by atoms with van der Waals surface area (Å²) in [7, 11) is 1.36. The first-order valence-electron chi connectivity index (χ1n) is 8.08. The Kier molecular flexibility index (Phi) is 5.62. The van der Waals surface area contributed by atoms with Gasteiger partial charge in [-0.15, -0.1) is 0 Å². The van der Waals surface area contributed by atoms with Crippen molar-refractivity contribution in [1.82, 2.24) is 10.2 Å². The van der Waals surface area contributed by atoms with Crippen LogP contribution in [0.15, 0.2) is 48.5 Å². The van der Waals surface area contributed by atoms with Crippen LogP contribution in [-0.4, -0.2) is 35.9 Å². The lowest BCUT2D eigenvalue weighted by atomic mass is 10.1. The lowest BCUT2D eigenvalue weighted by Crippen LogP contribution is -2.52. The second-order valence-corrected chi connectivity index (χ2v) is 5.70. The Morgan fingerprint density at radius 1 is 1.21 bits per heavy atom. The average molecular weight is 391 g/mol. The van der Waals surface area contributed by atoms with Gasteiger partial charge in [-0.2, -0.15) is 0 Å². The van der Waals surface area contributed by atoms with Crippen molar-refractivity contribution in [3.05, 3.63) is 75.9 Å². The highest BCUT2D eigenvalue weighted by Crippen LogP contribution is 2.27. The highest BCUT2D eigenvalue weighted by molar-refractivity contribution is 5.84. The Balaban J connectivity index is 1.88. The van der Waals surface area contributed by atoms with Crippen molar-refractivity contribution in [2.75, 3.05) is 13.7 Å². The largest absolute Gasteiger partial charge is 0.422 e. The fraction of sp³-hybridized carbons (Fsp3) is 0.167. The van der Waals surface area contributed by atoms with Crippen molar-refractivity contribution in [3.8, 4) is 5.75 Å². The van der Waals surface area contributed by atoms with Crippen molar-refractivity contribution in [2.45, 2.75) is 6.35 Å². The molecular formula is C18H15F2N3O5. The number of carbonyl (C=O) groups is 1. The minimum Gasteiger partial charge on any atom is -0.410 e. The summed E-state index contributed by atoms with van der Waals surface area (Å²) in [6, 6.07) is 8.18. The molecule has 0 spiro atoms. The van der Waals surface area contributed by atoms with Gasteiger partial charge in [0.1, 0.15) is 5.75 Å². The van der Waals surface area contributed by atoms with Crippen LogP contribution >= 0.6 is 0 Å². The van der Waals surface area contributed by atoms with Crippen molar-refractivity contribution >= 4 is 17.5 Å². The van der Waals surface area contributed by atoms with Gasteiger partial charge in [0.2, 0.25) is 0 Å². The summed E-state index contributed by atoms with van der Waals surface area (Å²) in [5.74, 6) is -2.00. The summed E-state index contributed by atoms with van der Waals surface area (Å²) in [6.07, 6.45) is -0.193. The molecule has 146 valence electrons. The van der Waals surface area contributed by atoms with E-state index in [-0.39, 0.29) is 22.7 Å². The lowest BCUT2D eigenvalue weighted by Gasteiger charge is -2.35. The number of nitro benzene ring substituents is 1. The van der Waals surface area contributed by atoms with Crippen LogP contribution in [0.4, 0.5) is 19.3 Å². The summed E-state index contributed by atoms with van der Waals surface area (Å²) in [6.45, 7) is 0.314. The molecule has 0 radical (unpaired) electrons. The van der Waals surface area contributed by atoms with E-state index in [0.717, 1.165) is 17.0 Å². The van der Waals surface area contributed by atoms with E-state index in [1.54, 1.807) is 6.08 Å². The molecule has 0 bridgehead atoms. The maximum absolute atomic E-state index is 13.7. The Morgan fingerprint density at radius 3 is 2.54 bits per heavy atom. The zero-order valence-corrected chi connectivity index (χ0v) is 14.6. The Labute approximate surface area is 158 Å². The highest BCUT2D eigenvalue weighted by Gasteiger charge is 2.32. The van der Waals surface area contributed by atoms with Gasteiger partial charge in [0.25, 0.3) is 5.69 Å². The number of non-ortho nitro benzene ring substituents is 1. The van der Waals surface area contributed by atoms with Crippen molar-refractivity contribution < 1.29 is 28.0 Å². The van der Waals surface area contributed by atoms with Crippen LogP contribution in [0.1, 0.15) is 5.56 Å². The highest BCUT2D eigenvalue weighted by atomic mass is 19.2. The first-order chi connectivity index (χ1) is 13.4. The molecule has 1 aliphatic heterocycles. The third-order valence-electron chi connectivity index (χ3n) is 3.97. The van der Waals surface area contributed by atoms with Gasteiger partial charge in [-0.05, 0) is 36.4 Å². The number of carbonyl (C=O) groups excluding carboxylic acids is 1. The second-order valence-electron chi connectivity index (χ2n) is 5.70. The number of amides is 1. The SMILES string of the molecule is COC1NCC=C(c2ccc(F)c(F)c2)N1C(=O)Oc1ccc([N+](=O)[O-])cc1. The maximum Gasteiger partial charge on any atom is 0.422 e. The van der Waals surface area contributed by atoms with E-state index < -0.39 is 29.0 Å².